The van der Waals surface area contributed by atoms with Crippen molar-refractivity contribution in [2.75, 3.05) is 20.3 Å². The SMILES string of the molecule is CCCOc1ccc(OCC(C)(NC)C(N)=O)cc1. The molecule has 0 saturated carbocycles. The fraction of sp³-hybridized carbons (Fsp3) is 0.500. The van der Waals surface area contributed by atoms with E-state index in [9.17, 15) is 4.79 Å². The third kappa shape index (κ3) is 4.44. The van der Waals surface area contributed by atoms with Gasteiger partial charge in [-0.1, -0.05) is 6.92 Å². The van der Waals surface area contributed by atoms with Crippen molar-refractivity contribution in [3.05, 3.63) is 24.3 Å². The van der Waals surface area contributed by atoms with Crippen molar-refractivity contribution in [3.63, 3.8) is 0 Å². The predicted molar refractivity (Wildman–Crippen MR) is 74.4 cm³/mol. The number of nitrogens with two attached hydrogens (primary N) is 1. The number of hydrogen-bond donors (Lipinski definition) is 2. The first-order valence-electron chi connectivity index (χ1n) is 6.36. The van der Waals surface area contributed by atoms with E-state index in [1.807, 2.05) is 24.3 Å². The highest BCUT2D eigenvalue weighted by Gasteiger charge is 2.29. The van der Waals surface area contributed by atoms with Gasteiger partial charge in [0.15, 0.2) is 0 Å². The molecule has 0 aromatic heterocycles. The summed E-state index contributed by atoms with van der Waals surface area (Å²) in [6.45, 7) is 4.63. The zero-order chi connectivity index (χ0) is 14.3. The molecule has 1 atom stereocenters. The van der Waals surface area contributed by atoms with Crippen LogP contribution in [0.2, 0.25) is 0 Å². The van der Waals surface area contributed by atoms with Gasteiger partial charge < -0.3 is 20.5 Å². The van der Waals surface area contributed by atoms with Crippen molar-refractivity contribution in [1.29, 1.82) is 0 Å². The van der Waals surface area contributed by atoms with Crippen LogP contribution in [0.3, 0.4) is 0 Å². The second-order valence-corrected chi connectivity index (χ2v) is 4.55. The van der Waals surface area contributed by atoms with Crippen LogP contribution in [0.15, 0.2) is 24.3 Å². The summed E-state index contributed by atoms with van der Waals surface area (Å²) in [7, 11) is 1.68. The van der Waals surface area contributed by atoms with Crippen molar-refractivity contribution in [2.24, 2.45) is 5.73 Å². The van der Waals surface area contributed by atoms with Crippen LogP contribution >= 0.6 is 0 Å². The minimum atomic E-state index is -0.878. The van der Waals surface area contributed by atoms with Crippen molar-refractivity contribution < 1.29 is 14.3 Å². The Labute approximate surface area is 114 Å². The van der Waals surface area contributed by atoms with E-state index in [1.54, 1.807) is 14.0 Å². The van der Waals surface area contributed by atoms with Crippen molar-refractivity contribution in [3.8, 4) is 11.5 Å². The lowest BCUT2D eigenvalue weighted by atomic mass is 10.0. The van der Waals surface area contributed by atoms with Crippen LogP contribution in [0.25, 0.3) is 0 Å². The van der Waals surface area contributed by atoms with E-state index in [4.69, 9.17) is 15.2 Å². The summed E-state index contributed by atoms with van der Waals surface area (Å²) in [5.74, 6) is 1.03. The molecule has 0 aliphatic rings. The first-order chi connectivity index (χ1) is 9.01. The van der Waals surface area contributed by atoms with Crippen molar-refractivity contribution >= 4 is 5.91 Å². The first kappa shape index (κ1) is 15.3. The topological polar surface area (TPSA) is 73.6 Å². The largest absolute Gasteiger partial charge is 0.494 e. The average Bonchev–Trinajstić information content (AvgIpc) is 2.43. The Morgan fingerprint density at radius 3 is 2.21 bits per heavy atom. The van der Waals surface area contributed by atoms with Gasteiger partial charge in [-0.25, -0.2) is 0 Å². The van der Waals surface area contributed by atoms with E-state index in [0.717, 1.165) is 12.2 Å². The number of primary amides is 1. The van der Waals surface area contributed by atoms with Crippen LogP contribution in [-0.4, -0.2) is 31.7 Å². The Hall–Kier alpha value is -1.75. The lowest BCUT2D eigenvalue weighted by Crippen LogP contribution is -2.55. The molecule has 106 valence electrons. The third-order valence-corrected chi connectivity index (χ3v) is 2.92. The minimum absolute atomic E-state index is 0.175. The molecule has 0 aliphatic heterocycles. The normalized spacial score (nSPS) is 13.6. The van der Waals surface area contributed by atoms with E-state index >= 15 is 0 Å². The number of rotatable bonds is 8. The van der Waals surface area contributed by atoms with E-state index in [1.165, 1.54) is 0 Å². The number of nitrogens with one attached hydrogen (secondary N) is 1. The van der Waals surface area contributed by atoms with Gasteiger partial charge in [0.25, 0.3) is 0 Å². The van der Waals surface area contributed by atoms with Gasteiger partial charge in [-0.05, 0) is 44.7 Å². The van der Waals surface area contributed by atoms with E-state index in [0.29, 0.717) is 12.4 Å². The predicted octanol–water partition coefficient (Wildman–Crippen LogP) is 1.32. The molecule has 19 heavy (non-hydrogen) atoms. The lowest BCUT2D eigenvalue weighted by molar-refractivity contribution is -0.124. The molecule has 1 unspecified atom stereocenters. The maximum atomic E-state index is 11.3. The summed E-state index contributed by atoms with van der Waals surface area (Å²) >= 11 is 0. The van der Waals surface area contributed by atoms with Gasteiger partial charge in [0.1, 0.15) is 23.6 Å². The molecular weight excluding hydrogens is 244 g/mol. The van der Waals surface area contributed by atoms with E-state index in [-0.39, 0.29) is 6.61 Å². The summed E-state index contributed by atoms with van der Waals surface area (Å²) in [4.78, 5) is 11.3. The molecule has 3 N–H and O–H groups in total. The molecule has 0 bridgehead atoms. The molecular formula is C14H22N2O3. The van der Waals surface area contributed by atoms with Gasteiger partial charge in [0.05, 0.1) is 6.61 Å². The highest BCUT2D eigenvalue weighted by atomic mass is 16.5. The van der Waals surface area contributed by atoms with Crippen molar-refractivity contribution in [1.82, 2.24) is 5.32 Å². The standard InChI is InChI=1S/C14H22N2O3/c1-4-9-18-11-5-7-12(8-6-11)19-10-14(2,16-3)13(15)17/h5-8,16H,4,9-10H2,1-3H3,(H2,15,17). The van der Waals surface area contributed by atoms with E-state index < -0.39 is 11.4 Å². The number of likely N-dealkylation sites (N-methyl/N-ethyl adjacent to an activating group) is 1. The molecule has 0 spiro atoms. The van der Waals surface area contributed by atoms with Crippen LogP contribution in [0, 0.1) is 0 Å². The Kier molecular flexibility index (Phi) is 5.63. The van der Waals surface area contributed by atoms with Crippen LogP contribution < -0.4 is 20.5 Å². The zero-order valence-electron chi connectivity index (χ0n) is 11.7. The number of amides is 1. The van der Waals surface area contributed by atoms with Crippen LogP contribution in [0.1, 0.15) is 20.3 Å². The average molecular weight is 266 g/mol. The number of hydrogen-bond acceptors (Lipinski definition) is 4. The summed E-state index contributed by atoms with van der Waals surface area (Å²) in [6.07, 6.45) is 0.970. The second kappa shape index (κ2) is 6.99. The van der Waals surface area contributed by atoms with Gasteiger partial charge in [0.2, 0.25) is 5.91 Å². The number of carbonyl (C=O) groups is 1. The maximum absolute atomic E-state index is 11.3. The fourth-order valence-electron chi connectivity index (χ4n) is 1.35. The molecule has 5 nitrogen and oxygen atoms in total. The molecule has 0 aliphatic carbocycles. The Morgan fingerprint density at radius 1 is 1.26 bits per heavy atom. The Balaban J connectivity index is 2.56. The molecule has 1 amide bonds. The third-order valence-electron chi connectivity index (χ3n) is 2.92. The van der Waals surface area contributed by atoms with Crippen LogP contribution in [0.5, 0.6) is 11.5 Å². The fourth-order valence-corrected chi connectivity index (χ4v) is 1.35. The summed E-state index contributed by atoms with van der Waals surface area (Å²) < 4.78 is 11.0. The molecule has 0 fully saturated rings. The zero-order valence-corrected chi connectivity index (χ0v) is 11.7. The molecule has 0 heterocycles. The number of benzene rings is 1. The number of ether oxygens (including phenoxy) is 2. The molecule has 1 aromatic rings. The molecule has 1 aromatic carbocycles. The van der Waals surface area contributed by atoms with Gasteiger partial charge in [-0.3, -0.25) is 4.79 Å². The second-order valence-electron chi connectivity index (χ2n) is 4.55. The monoisotopic (exact) mass is 266 g/mol. The van der Waals surface area contributed by atoms with Crippen molar-refractivity contribution in [2.45, 2.75) is 25.8 Å². The summed E-state index contributed by atoms with van der Waals surface area (Å²) in [5.41, 5.74) is 4.45. The lowest BCUT2D eigenvalue weighted by Gasteiger charge is -2.25. The van der Waals surface area contributed by atoms with Gasteiger partial charge in [0, 0.05) is 0 Å². The van der Waals surface area contributed by atoms with Gasteiger partial charge >= 0.3 is 0 Å². The smallest absolute Gasteiger partial charge is 0.240 e. The van der Waals surface area contributed by atoms with Gasteiger partial charge in [-0.2, -0.15) is 0 Å². The van der Waals surface area contributed by atoms with E-state index in [2.05, 4.69) is 12.2 Å². The molecule has 0 saturated heterocycles. The first-order valence-corrected chi connectivity index (χ1v) is 6.36. The van der Waals surface area contributed by atoms with Crippen LogP contribution in [0.4, 0.5) is 0 Å². The summed E-state index contributed by atoms with van der Waals surface area (Å²) in [5, 5.41) is 2.86. The molecule has 1 rings (SSSR count). The van der Waals surface area contributed by atoms with Crippen LogP contribution in [-0.2, 0) is 4.79 Å². The Morgan fingerprint density at radius 2 is 1.79 bits per heavy atom. The highest BCUT2D eigenvalue weighted by Crippen LogP contribution is 2.18. The summed E-state index contributed by atoms with van der Waals surface area (Å²) in [6, 6.07) is 7.29. The highest BCUT2D eigenvalue weighted by molar-refractivity contribution is 5.84. The number of carbonyl (C=O) groups excluding carboxylic acids is 1. The maximum Gasteiger partial charge on any atom is 0.240 e. The minimum Gasteiger partial charge on any atom is -0.494 e. The quantitative estimate of drug-likeness (QED) is 0.744. The Bertz CT molecular complexity index is 406. The van der Waals surface area contributed by atoms with Gasteiger partial charge in [-0.15, -0.1) is 0 Å². The molecule has 5 heteroatoms. The molecule has 0 radical (unpaired) electrons.